The van der Waals surface area contributed by atoms with Gasteiger partial charge in [-0.05, 0) is 31.4 Å². The first kappa shape index (κ1) is 25.9. The Kier molecular flexibility index (Phi) is 11.3. The molecule has 0 spiro atoms. The van der Waals surface area contributed by atoms with Crippen molar-refractivity contribution in [1.29, 1.82) is 0 Å². The Balaban J connectivity index is 1.74. The van der Waals surface area contributed by atoms with Crippen LogP contribution in [0.1, 0.15) is 63.5 Å². The molecule has 2 aromatic carbocycles. The highest BCUT2D eigenvalue weighted by Crippen LogP contribution is 2.21. The van der Waals surface area contributed by atoms with Crippen LogP contribution in [0.2, 0.25) is 0 Å². The number of rotatable bonds is 15. The first-order valence-electron chi connectivity index (χ1n) is 12.2. The fourth-order valence-corrected chi connectivity index (χ4v) is 3.84. The number of carbonyl (C=O) groups excluding carboxylic acids is 1. The lowest BCUT2D eigenvalue weighted by molar-refractivity contribution is -0.917. The van der Waals surface area contributed by atoms with Crippen molar-refractivity contribution in [2.24, 2.45) is 0 Å². The topological polar surface area (TPSA) is 35.5 Å². The predicted octanol–water partition coefficient (Wildman–Crippen LogP) is 6.18. The standard InChI is InChI=1S/C28H42NO3/c1-5-6-7-8-9-13-18-26-19-14-15-20-27(26)31-21-22-32-28(30)24(2)29(3,4)23-25-16-11-10-12-17-25/h10-12,14-17,19-20,24H,5-9,13,18,21-23H2,1-4H3/q+1. The van der Waals surface area contributed by atoms with Crippen LogP contribution in [0.15, 0.2) is 54.6 Å². The van der Waals surface area contributed by atoms with Gasteiger partial charge in [0.15, 0.2) is 6.04 Å². The number of hydrogen-bond donors (Lipinski definition) is 0. The van der Waals surface area contributed by atoms with E-state index in [1.807, 2.05) is 37.3 Å². The number of esters is 1. The minimum atomic E-state index is -0.254. The SMILES string of the molecule is CCCCCCCCc1ccccc1OCCOC(=O)C(C)[N+](C)(C)Cc1ccccc1. The average Bonchev–Trinajstić information content (AvgIpc) is 2.79. The Bertz CT molecular complexity index is 788. The maximum Gasteiger partial charge on any atom is 0.364 e. The summed E-state index contributed by atoms with van der Waals surface area (Å²) in [6.07, 6.45) is 8.74. The fraction of sp³-hybridized carbons (Fsp3) is 0.536. The molecule has 0 N–H and O–H groups in total. The van der Waals surface area contributed by atoms with Crippen molar-refractivity contribution < 1.29 is 18.8 Å². The summed E-state index contributed by atoms with van der Waals surface area (Å²) in [7, 11) is 4.13. The molecule has 1 atom stereocenters. The highest BCUT2D eigenvalue weighted by molar-refractivity contribution is 5.74. The van der Waals surface area contributed by atoms with Crippen molar-refractivity contribution in [1.82, 2.24) is 0 Å². The number of ether oxygens (including phenoxy) is 2. The lowest BCUT2D eigenvalue weighted by atomic mass is 10.0. The van der Waals surface area contributed by atoms with Gasteiger partial charge in [0.1, 0.15) is 25.5 Å². The summed E-state index contributed by atoms with van der Waals surface area (Å²) < 4.78 is 12.1. The molecule has 4 nitrogen and oxygen atoms in total. The third-order valence-corrected chi connectivity index (χ3v) is 6.18. The molecule has 176 valence electrons. The normalized spacial score (nSPS) is 12.4. The van der Waals surface area contributed by atoms with Crippen LogP contribution in [0.3, 0.4) is 0 Å². The minimum Gasteiger partial charge on any atom is -0.490 e. The molecular weight excluding hydrogens is 398 g/mol. The quantitative estimate of drug-likeness (QED) is 0.189. The third kappa shape index (κ3) is 9.04. The molecule has 0 amide bonds. The van der Waals surface area contributed by atoms with Gasteiger partial charge in [-0.15, -0.1) is 0 Å². The van der Waals surface area contributed by atoms with E-state index in [4.69, 9.17) is 9.47 Å². The number of unbranched alkanes of at least 4 members (excludes halogenated alkanes) is 5. The smallest absolute Gasteiger partial charge is 0.364 e. The molecule has 2 aromatic rings. The molecule has 0 radical (unpaired) electrons. The van der Waals surface area contributed by atoms with Gasteiger partial charge >= 0.3 is 5.97 Å². The summed E-state index contributed by atoms with van der Waals surface area (Å²) >= 11 is 0. The number of hydrogen-bond acceptors (Lipinski definition) is 3. The number of aryl methyl sites for hydroxylation is 1. The van der Waals surface area contributed by atoms with Crippen LogP contribution in [0.25, 0.3) is 0 Å². The second kappa shape index (κ2) is 13.9. The molecule has 4 heteroatoms. The van der Waals surface area contributed by atoms with Crippen LogP contribution in [0.5, 0.6) is 5.75 Å². The molecule has 0 aliphatic heterocycles. The Morgan fingerprint density at radius 3 is 2.28 bits per heavy atom. The highest BCUT2D eigenvalue weighted by Gasteiger charge is 2.32. The second-order valence-electron chi connectivity index (χ2n) is 9.24. The first-order chi connectivity index (χ1) is 15.4. The zero-order valence-corrected chi connectivity index (χ0v) is 20.5. The second-order valence-corrected chi connectivity index (χ2v) is 9.24. The van der Waals surface area contributed by atoms with Crippen LogP contribution in [0.4, 0.5) is 0 Å². The molecule has 0 saturated carbocycles. The van der Waals surface area contributed by atoms with Crippen LogP contribution in [-0.4, -0.2) is 43.8 Å². The lowest BCUT2D eigenvalue weighted by Crippen LogP contribution is -2.51. The lowest BCUT2D eigenvalue weighted by Gasteiger charge is -2.34. The van der Waals surface area contributed by atoms with Gasteiger partial charge in [-0.3, -0.25) is 0 Å². The first-order valence-corrected chi connectivity index (χ1v) is 12.2. The van der Waals surface area contributed by atoms with Crippen molar-refractivity contribution in [3.63, 3.8) is 0 Å². The number of carbonyl (C=O) groups is 1. The van der Waals surface area contributed by atoms with Gasteiger partial charge in [-0.1, -0.05) is 87.6 Å². The maximum atomic E-state index is 12.6. The largest absolute Gasteiger partial charge is 0.490 e. The van der Waals surface area contributed by atoms with Gasteiger partial charge in [0.2, 0.25) is 0 Å². The highest BCUT2D eigenvalue weighted by atomic mass is 16.6. The zero-order chi connectivity index (χ0) is 23.2. The number of nitrogens with zero attached hydrogens (tertiary/aromatic N) is 1. The molecule has 2 rings (SSSR count). The predicted molar refractivity (Wildman–Crippen MR) is 132 cm³/mol. The fourth-order valence-electron chi connectivity index (χ4n) is 3.84. The zero-order valence-electron chi connectivity index (χ0n) is 20.5. The third-order valence-electron chi connectivity index (χ3n) is 6.18. The molecule has 0 aromatic heterocycles. The van der Waals surface area contributed by atoms with Gasteiger partial charge in [0, 0.05) is 5.56 Å². The molecule has 0 aliphatic carbocycles. The molecule has 0 saturated heterocycles. The van der Waals surface area contributed by atoms with Gasteiger partial charge in [0.25, 0.3) is 0 Å². The molecular formula is C28H42NO3+. The van der Waals surface area contributed by atoms with Gasteiger partial charge in [0.05, 0.1) is 14.1 Å². The summed E-state index contributed by atoms with van der Waals surface area (Å²) in [5.74, 6) is 0.722. The van der Waals surface area contributed by atoms with Crippen molar-refractivity contribution in [3.05, 3.63) is 65.7 Å². The van der Waals surface area contributed by atoms with E-state index in [1.54, 1.807) is 0 Å². The molecule has 32 heavy (non-hydrogen) atoms. The molecule has 1 unspecified atom stereocenters. The molecule has 0 heterocycles. The van der Waals surface area contributed by atoms with Crippen LogP contribution in [0, 0.1) is 0 Å². The van der Waals surface area contributed by atoms with E-state index in [9.17, 15) is 4.79 Å². The van der Waals surface area contributed by atoms with Gasteiger partial charge in [-0.25, -0.2) is 4.79 Å². The number of benzene rings is 2. The summed E-state index contributed by atoms with van der Waals surface area (Å²) in [6, 6.07) is 18.2. The maximum absolute atomic E-state index is 12.6. The van der Waals surface area contributed by atoms with Crippen LogP contribution in [-0.2, 0) is 22.5 Å². The van der Waals surface area contributed by atoms with Crippen LogP contribution < -0.4 is 4.74 Å². The average molecular weight is 441 g/mol. The summed E-state index contributed by atoms with van der Waals surface area (Å²) in [5.41, 5.74) is 2.45. The molecule has 0 aliphatic rings. The van der Waals surface area contributed by atoms with E-state index in [2.05, 4.69) is 45.3 Å². The Morgan fingerprint density at radius 2 is 1.53 bits per heavy atom. The van der Waals surface area contributed by atoms with E-state index >= 15 is 0 Å². The van der Waals surface area contributed by atoms with E-state index in [0.29, 0.717) is 11.1 Å². The van der Waals surface area contributed by atoms with Crippen molar-refractivity contribution in [2.45, 2.75) is 71.4 Å². The Hall–Kier alpha value is -2.33. The van der Waals surface area contributed by atoms with Gasteiger partial charge in [-0.2, -0.15) is 0 Å². The van der Waals surface area contributed by atoms with E-state index < -0.39 is 0 Å². The van der Waals surface area contributed by atoms with Crippen molar-refractivity contribution in [3.8, 4) is 5.75 Å². The summed E-state index contributed by atoms with van der Waals surface area (Å²) in [6.45, 7) is 5.59. The van der Waals surface area contributed by atoms with Crippen LogP contribution >= 0.6 is 0 Å². The van der Waals surface area contributed by atoms with E-state index in [1.165, 1.54) is 49.7 Å². The van der Waals surface area contributed by atoms with E-state index in [-0.39, 0.29) is 18.6 Å². The Labute approximate surface area is 195 Å². The van der Waals surface area contributed by atoms with Crippen molar-refractivity contribution in [2.75, 3.05) is 27.3 Å². The minimum absolute atomic E-state index is 0.185. The number of para-hydroxylation sites is 1. The number of quaternary nitrogens is 1. The van der Waals surface area contributed by atoms with Gasteiger partial charge < -0.3 is 14.0 Å². The molecule has 0 bridgehead atoms. The van der Waals surface area contributed by atoms with Crippen molar-refractivity contribution >= 4 is 5.97 Å². The monoisotopic (exact) mass is 440 g/mol. The summed E-state index contributed by atoms with van der Waals surface area (Å²) in [5, 5.41) is 0. The molecule has 0 fully saturated rings. The summed E-state index contributed by atoms with van der Waals surface area (Å²) in [4.78, 5) is 12.6. The Morgan fingerprint density at radius 1 is 0.875 bits per heavy atom. The van der Waals surface area contributed by atoms with E-state index in [0.717, 1.165) is 18.7 Å². The number of likely N-dealkylation sites (N-methyl/N-ethyl adjacent to an activating group) is 1.